The molecule has 1 aliphatic carbocycles. The predicted octanol–water partition coefficient (Wildman–Crippen LogP) is 1.78. The van der Waals surface area contributed by atoms with E-state index in [-0.39, 0.29) is 11.8 Å². The monoisotopic (exact) mass is 282 g/mol. The molecule has 1 saturated heterocycles. The van der Waals surface area contributed by atoms with Gasteiger partial charge in [0.2, 0.25) is 5.91 Å². The maximum absolute atomic E-state index is 12.1. The zero-order valence-electron chi connectivity index (χ0n) is 12.6. The fourth-order valence-corrected chi connectivity index (χ4v) is 3.53. The maximum atomic E-state index is 12.1. The number of piperidine rings is 1. The van der Waals surface area contributed by atoms with Crippen molar-refractivity contribution in [3.8, 4) is 0 Å². The Kier molecular flexibility index (Phi) is 6.80. The first-order chi connectivity index (χ1) is 9.79. The van der Waals surface area contributed by atoms with Crippen LogP contribution in [0.15, 0.2) is 0 Å². The van der Waals surface area contributed by atoms with E-state index >= 15 is 0 Å². The standard InChI is InChI=1S/C16H30N2O2/c19-13-14-6-5-10-18(12-14)11-9-17-16(20)15-7-3-1-2-4-8-15/h14-15,19H,1-13H2,(H,17,20)/t14-/m0/s1. The van der Waals surface area contributed by atoms with Crippen LogP contribution in [-0.2, 0) is 4.79 Å². The van der Waals surface area contributed by atoms with E-state index in [4.69, 9.17) is 0 Å². The van der Waals surface area contributed by atoms with Gasteiger partial charge in [-0.1, -0.05) is 25.7 Å². The van der Waals surface area contributed by atoms with Gasteiger partial charge in [0.25, 0.3) is 0 Å². The predicted molar refractivity (Wildman–Crippen MR) is 80.5 cm³/mol. The highest BCUT2D eigenvalue weighted by molar-refractivity contribution is 5.78. The van der Waals surface area contributed by atoms with Gasteiger partial charge in [0.15, 0.2) is 0 Å². The van der Waals surface area contributed by atoms with E-state index in [0.717, 1.165) is 45.4 Å². The Morgan fingerprint density at radius 2 is 1.85 bits per heavy atom. The zero-order chi connectivity index (χ0) is 14.2. The second-order valence-electron chi connectivity index (χ2n) is 6.47. The van der Waals surface area contributed by atoms with Crippen molar-refractivity contribution in [3.63, 3.8) is 0 Å². The van der Waals surface area contributed by atoms with Crippen molar-refractivity contribution in [3.05, 3.63) is 0 Å². The minimum atomic E-state index is 0.254. The highest BCUT2D eigenvalue weighted by Crippen LogP contribution is 2.22. The molecule has 1 aliphatic heterocycles. The lowest BCUT2D eigenvalue weighted by atomic mass is 9.99. The summed E-state index contributed by atoms with van der Waals surface area (Å²) in [6, 6.07) is 0. The molecule has 116 valence electrons. The third-order valence-electron chi connectivity index (χ3n) is 4.81. The Bertz CT molecular complexity index is 288. The summed E-state index contributed by atoms with van der Waals surface area (Å²) in [4.78, 5) is 14.5. The fraction of sp³-hybridized carbons (Fsp3) is 0.938. The van der Waals surface area contributed by atoms with Gasteiger partial charge in [-0.05, 0) is 38.1 Å². The highest BCUT2D eigenvalue weighted by atomic mass is 16.3. The van der Waals surface area contributed by atoms with Crippen LogP contribution in [0.1, 0.15) is 51.4 Å². The molecule has 4 heteroatoms. The molecule has 1 amide bonds. The first kappa shape index (κ1) is 15.8. The normalized spacial score (nSPS) is 26.1. The number of likely N-dealkylation sites (tertiary alicyclic amines) is 1. The summed E-state index contributed by atoms with van der Waals surface area (Å²) in [7, 11) is 0. The van der Waals surface area contributed by atoms with E-state index in [1.54, 1.807) is 0 Å². The number of rotatable bonds is 5. The number of hydrogen-bond acceptors (Lipinski definition) is 3. The molecule has 0 bridgehead atoms. The highest BCUT2D eigenvalue weighted by Gasteiger charge is 2.21. The van der Waals surface area contributed by atoms with Crippen LogP contribution in [0, 0.1) is 11.8 Å². The molecule has 1 heterocycles. The molecule has 1 saturated carbocycles. The van der Waals surface area contributed by atoms with Gasteiger partial charge in [-0.25, -0.2) is 0 Å². The van der Waals surface area contributed by atoms with Crippen LogP contribution < -0.4 is 5.32 Å². The maximum Gasteiger partial charge on any atom is 0.223 e. The lowest BCUT2D eigenvalue weighted by Gasteiger charge is -2.31. The SMILES string of the molecule is O=C(NCCN1CCC[C@H](CO)C1)C1CCCCCC1. The first-order valence-electron chi connectivity index (χ1n) is 8.40. The number of nitrogens with one attached hydrogen (secondary N) is 1. The number of nitrogens with zero attached hydrogens (tertiary/aromatic N) is 1. The summed E-state index contributed by atoms with van der Waals surface area (Å²) in [5.41, 5.74) is 0. The number of carbonyl (C=O) groups is 1. The fourth-order valence-electron chi connectivity index (χ4n) is 3.53. The van der Waals surface area contributed by atoms with Crippen molar-refractivity contribution in [2.24, 2.45) is 11.8 Å². The largest absolute Gasteiger partial charge is 0.396 e. The van der Waals surface area contributed by atoms with Gasteiger partial charge in [0, 0.05) is 32.2 Å². The van der Waals surface area contributed by atoms with Crippen LogP contribution >= 0.6 is 0 Å². The van der Waals surface area contributed by atoms with Gasteiger partial charge in [-0.15, -0.1) is 0 Å². The van der Waals surface area contributed by atoms with Crippen molar-refractivity contribution in [1.29, 1.82) is 0 Å². The second kappa shape index (κ2) is 8.63. The van der Waals surface area contributed by atoms with Gasteiger partial charge in [-0.2, -0.15) is 0 Å². The summed E-state index contributed by atoms with van der Waals surface area (Å²) < 4.78 is 0. The van der Waals surface area contributed by atoms with E-state index < -0.39 is 0 Å². The number of amides is 1. The van der Waals surface area contributed by atoms with Crippen molar-refractivity contribution in [1.82, 2.24) is 10.2 Å². The topological polar surface area (TPSA) is 52.6 Å². The number of aliphatic hydroxyl groups excluding tert-OH is 1. The summed E-state index contributed by atoms with van der Waals surface area (Å²) in [6.45, 7) is 4.07. The van der Waals surface area contributed by atoms with Gasteiger partial charge in [0.05, 0.1) is 0 Å². The molecule has 2 aliphatic rings. The minimum Gasteiger partial charge on any atom is -0.396 e. The second-order valence-corrected chi connectivity index (χ2v) is 6.47. The molecule has 0 unspecified atom stereocenters. The molecule has 0 radical (unpaired) electrons. The van der Waals surface area contributed by atoms with Gasteiger partial charge in [-0.3, -0.25) is 4.79 Å². The van der Waals surface area contributed by atoms with Gasteiger partial charge >= 0.3 is 0 Å². The van der Waals surface area contributed by atoms with Crippen LogP contribution in [0.2, 0.25) is 0 Å². The average Bonchev–Trinajstić information content (AvgIpc) is 2.76. The Morgan fingerprint density at radius 1 is 1.10 bits per heavy atom. The lowest BCUT2D eigenvalue weighted by Crippen LogP contribution is -2.42. The molecule has 20 heavy (non-hydrogen) atoms. The van der Waals surface area contributed by atoms with Crippen LogP contribution in [-0.4, -0.2) is 48.7 Å². The minimum absolute atomic E-state index is 0.254. The van der Waals surface area contributed by atoms with E-state index in [1.807, 2.05) is 0 Å². The molecule has 0 aromatic heterocycles. The zero-order valence-corrected chi connectivity index (χ0v) is 12.6. The van der Waals surface area contributed by atoms with Crippen LogP contribution in [0.3, 0.4) is 0 Å². The molecule has 2 rings (SSSR count). The van der Waals surface area contributed by atoms with Crippen LogP contribution in [0.25, 0.3) is 0 Å². The van der Waals surface area contributed by atoms with Gasteiger partial charge < -0.3 is 15.3 Å². The molecule has 0 aromatic carbocycles. The van der Waals surface area contributed by atoms with Crippen molar-refractivity contribution in [2.75, 3.05) is 32.8 Å². The van der Waals surface area contributed by atoms with E-state index in [9.17, 15) is 9.90 Å². The summed E-state index contributed by atoms with van der Waals surface area (Å²) >= 11 is 0. The summed E-state index contributed by atoms with van der Waals surface area (Å²) in [5.74, 6) is 0.952. The lowest BCUT2D eigenvalue weighted by molar-refractivity contribution is -0.125. The Morgan fingerprint density at radius 3 is 2.55 bits per heavy atom. The molecule has 0 spiro atoms. The Labute approximate surface area is 122 Å². The molecule has 2 N–H and O–H groups in total. The third kappa shape index (κ3) is 5.06. The Hall–Kier alpha value is -0.610. The molecule has 2 fully saturated rings. The first-order valence-corrected chi connectivity index (χ1v) is 8.40. The summed E-state index contributed by atoms with van der Waals surface area (Å²) in [6.07, 6.45) is 9.46. The van der Waals surface area contributed by atoms with E-state index in [1.165, 1.54) is 32.1 Å². The van der Waals surface area contributed by atoms with E-state index in [2.05, 4.69) is 10.2 Å². The average molecular weight is 282 g/mol. The molecule has 0 aromatic rings. The molecule has 4 nitrogen and oxygen atoms in total. The van der Waals surface area contributed by atoms with Crippen LogP contribution in [0.4, 0.5) is 0 Å². The van der Waals surface area contributed by atoms with Crippen molar-refractivity contribution in [2.45, 2.75) is 51.4 Å². The molecular weight excluding hydrogens is 252 g/mol. The van der Waals surface area contributed by atoms with E-state index in [0.29, 0.717) is 12.5 Å². The third-order valence-corrected chi connectivity index (χ3v) is 4.81. The van der Waals surface area contributed by atoms with Crippen LogP contribution in [0.5, 0.6) is 0 Å². The number of carbonyl (C=O) groups excluding carboxylic acids is 1. The molecule has 1 atom stereocenters. The summed E-state index contributed by atoms with van der Waals surface area (Å²) in [5, 5.41) is 12.3. The van der Waals surface area contributed by atoms with Crippen molar-refractivity contribution < 1.29 is 9.90 Å². The Balaban J connectivity index is 1.63. The number of hydrogen-bond donors (Lipinski definition) is 2. The quantitative estimate of drug-likeness (QED) is 0.756. The molecular formula is C16H30N2O2. The number of aliphatic hydroxyl groups is 1. The van der Waals surface area contributed by atoms with Crippen molar-refractivity contribution >= 4 is 5.91 Å². The van der Waals surface area contributed by atoms with Gasteiger partial charge in [0.1, 0.15) is 0 Å². The smallest absolute Gasteiger partial charge is 0.223 e.